The summed E-state index contributed by atoms with van der Waals surface area (Å²) in [6.45, 7) is 7.87. The van der Waals surface area contributed by atoms with Gasteiger partial charge in [0.2, 0.25) is 0 Å². The molecule has 3 nitrogen and oxygen atoms in total. The van der Waals surface area contributed by atoms with Crippen LogP contribution >= 0.6 is 0 Å². The Morgan fingerprint density at radius 2 is 1.80 bits per heavy atom. The van der Waals surface area contributed by atoms with Gasteiger partial charge in [0, 0.05) is 12.6 Å². The maximum absolute atomic E-state index is 9.95. The maximum atomic E-state index is 9.95. The van der Waals surface area contributed by atoms with Crippen molar-refractivity contribution in [3.8, 4) is 0 Å². The lowest BCUT2D eigenvalue weighted by Crippen LogP contribution is -2.37. The highest BCUT2D eigenvalue weighted by atomic mass is 16.5. The summed E-state index contributed by atoms with van der Waals surface area (Å²) < 4.78 is 5.80. The average molecular weight is 285 g/mol. The zero-order valence-corrected chi connectivity index (χ0v) is 13.7. The number of hydrogen-bond acceptors (Lipinski definition) is 3. The largest absolute Gasteiger partial charge is 0.389 e. The molecular weight excluding hydrogens is 250 g/mol. The van der Waals surface area contributed by atoms with Gasteiger partial charge in [0.1, 0.15) is 0 Å². The maximum Gasteiger partial charge on any atom is 0.0897 e. The minimum atomic E-state index is -0.371. The summed E-state index contributed by atoms with van der Waals surface area (Å²) in [6, 6.07) is 0.484. The van der Waals surface area contributed by atoms with Crippen LogP contribution in [0, 0.1) is 5.92 Å². The monoisotopic (exact) mass is 285 g/mol. The van der Waals surface area contributed by atoms with Crippen LogP contribution in [-0.4, -0.2) is 36.5 Å². The first kappa shape index (κ1) is 17.9. The predicted octanol–water partition coefficient (Wildman–Crippen LogP) is 3.50. The summed E-state index contributed by atoms with van der Waals surface area (Å²) in [5, 5.41) is 13.4. The Hall–Kier alpha value is -0.120. The van der Waals surface area contributed by atoms with Gasteiger partial charge in [-0.25, -0.2) is 0 Å². The molecule has 2 atom stereocenters. The fourth-order valence-electron chi connectivity index (χ4n) is 2.81. The molecule has 1 fully saturated rings. The molecule has 1 rings (SSSR count). The highest BCUT2D eigenvalue weighted by molar-refractivity contribution is 4.69. The molecule has 0 saturated heterocycles. The van der Waals surface area contributed by atoms with E-state index in [-0.39, 0.29) is 6.10 Å². The number of ether oxygens (including phenoxy) is 1. The molecule has 0 aromatic carbocycles. The zero-order valence-electron chi connectivity index (χ0n) is 13.7. The lowest BCUT2D eigenvalue weighted by molar-refractivity contribution is -0.0235. The van der Waals surface area contributed by atoms with E-state index in [9.17, 15) is 5.11 Å². The van der Waals surface area contributed by atoms with Crippen LogP contribution in [0.4, 0.5) is 0 Å². The number of rotatable bonds is 10. The second-order valence-corrected chi connectivity index (χ2v) is 6.88. The fraction of sp³-hybridized carbons (Fsp3) is 1.00. The van der Waals surface area contributed by atoms with E-state index >= 15 is 0 Å². The normalized spacial score (nSPS) is 20.2. The molecular formula is C17H35NO2. The zero-order chi connectivity index (χ0) is 14.8. The van der Waals surface area contributed by atoms with Crippen molar-refractivity contribution in [2.75, 3.05) is 13.2 Å². The van der Waals surface area contributed by atoms with E-state index in [1.165, 1.54) is 51.4 Å². The lowest BCUT2D eigenvalue weighted by Gasteiger charge is -2.24. The molecule has 1 saturated carbocycles. The molecule has 1 aliphatic carbocycles. The summed E-state index contributed by atoms with van der Waals surface area (Å²) in [6.07, 6.45) is 10.0. The van der Waals surface area contributed by atoms with Crippen LogP contribution in [0.25, 0.3) is 0 Å². The number of nitrogens with one attached hydrogen (secondary N) is 1. The Morgan fingerprint density at radius 1 is 1.10 bits per heavy atom. The molecule has 0 amide bonds. The summed E-state index contributed by atoms with van der Waals surface area (Å²) in [7, 11) is 0. The van der Waals surface area contributed by atoms with E-state index in [1.54, 1.807) is 0 Å². The van der Waals surface area contributed by atoms with Gasteiger partial charge in [-0.2, -0.15) is 0 Å². The van der Waals surface area contributed by atoms with Crippen molar-refractivity contribution in [2.45, 2.75) is 90.4 Å². The first-order valence-corrected chi connectivity index (χ1v) is 8.61. The van der Waals surface area contributed by atoms with Crippen LogP contribution < -0.4 is 5.32 Å². The first-order chi connectivity index (χ1) is 9.58. The van der Waals surface area contributed by atoms with Crippen molar-refractivity contribution in [3.05, 3.63) is 0 Å². The quantitative estimate of drug-likeness (QED) is 0.645. The minimum Gasteiger partial charge on any atom is -0.389 e. The van der Waals surface area contributed by atoms with E-state index in [0.29, 0.717) is 25.3 Å². The Bertz CT molecular complexity index is 227. The van der Waals surface area contributed by atoms with E-state index in [4.69, 9.17) is 4.74 Å². The van der Waals surface area contributed by atoms with Crippen LogP contribution in [0.5, 0.6) is 0 Å². The molecule has 0 spiro atoms. The summed E-state index contributed by atoms with van der Waals surface area (Å²) in [5.74, 6) is 0.789. The van der Waals surface area contributed by atoms with Crippen LogP contribution in [0.1, 0.15) is 72.1 Å². The van der Waals surface area contributed by atoms with Gasteiger partial charge in [0.25, 0.3) is 0 Å². The average Bonchev–Trinajstić information content (AvgIpc) is 2.43. The van der Waals surface area contributed by atoms with Crippen molar-refractivity contribution in [1.29, 1.82) is 0 Å². The number of aliphatic hydroxyl groups is 1. The Balaban J connectivity index is 1.99. The van der Waals surface area contributed by atoms with E-state index < -0.39 is 0 Å². The van der Waals surface area contributed by atoms with Gasteiger partial charge in [-0.15, -0.1) is 0 Å². The van der Waals surface area contributed by atoms with Crippen molar-refractivity contribution in [1.82, 2.24) is 5.32 Å². The molecule has 0 aromatic rings. The molecule has 1 aliphatic rings. The second kappa shape index (κ2) is 10.6. The van der Waals surface area contributed by atoms with Crippen molar-refractivity contribution in [3.63, 3.8) is 0 Å². The van der Waals surface area contributed by atoms with Gasteiger partial charge in [-0.1, -0.05) is 46.0 Å². The molecule has 3 heteroatoms. The van der Waals surface area contributed by atoms with Gasteiger partial charge in [-0.3, -0.25) is 0 Å². The third-order valence-electron chi connectivity index (χ3n) is 4.20. The highest BCUT2D eigenvalue weighted by Gasteiger charge is 2.15. The van der Waals surface area contributed by atoms with E-state index in [0.717, 1.165) is 5.92 Å². The lowest BCUT2D eigenvalue weighted by atomic mass is 9.98. The first-order valence-electron chi connectivity index (χ1n) is 8.61. The van der Waals surface area contributed by atoms with E-state index in [1.807, 2.05) is 0 Å². The SMILES string of the molecule is CC(C)CCCC(C)NCC(O)COC1CCCCC1. The molecule has 0 radical (unpaired) electrons. The van der Waals surface area contributed by atoms with E-state index in [2.05, 4.69) is 26.1 Å². The van der Waals surface area contributed by atoms with Crippen LogP contribution in [-0.2, 0) is 4.74 Å². The third-order valence-corrected chi connectivity index (χ3v) is 4.20. The molecule has 0 bridgehead atoms. The number of hydrogen-bond donors (Lipinski definition) is 2. The third kappa shape index (κ3) is 8.93. The van der Waals surface area contributed by atoms with Crippen molar-refractivity contribution in [2.24, 2.45) is 5.92 Å². The van der Waals surface area contributed by atoms with Crippen LogP contribution in [0.15, 0.2) is 0 Å². The number of aliphatic hydroxyl groups excluding tert-OH is 1. The summed E-state index contributed by atoms with van der Waals surface area (Å²) in [5.41, 5.74) is 0. The van der Waals surface area contributed by atoms with Crippen molar-refractivity contribution >= 4 is 0 Å². The molecule has 0 heterocycles. The molecule has 2 unspecified atom stereocenters. The predicted molar refractivity (Wildman–Crippen MR) is 85.0 cm³/mol. The smallest absolute Gasteiger partial charge is 0.0897 e. The van der Waals surface area contributed by atoms with Crippen LogP contribution in [0.2, 0.25) is 0 Å². The van der Waals surface area contributed by atoms with Gasteiger partial charge in [-0.05, 0) is 32.1 Å². The minimum absolute atomic E-state index is 0.371. The molecule has 0 aromatic heterocycles. The highest BCUT2D eigenvalue weighted by Crippen LogP contribution is 2.20. The topological polar surface area (TPSA) is 41.5 Å². The molecule has 120 valence electrons. The Labute approximate surface area is 125 Å². The van der Waals surface area contributed by atoms with Gasteiger partial charge in [0.15, 0.2) is 0 Å². The summed E-state index contributed by atoms with van der Waals surface area (Å²) >= 11 is 0. The van der Waals surface area contributed by atoms with Gasteiger partial charge < -0.3 is 15.2 Å². The standard InChI is InChI=1S/C17H35NO2/c1-14(2)8-7-9-15(3)18-12-16(19)13-20-17-10-5-4-6-11-17/h14-19H,4-13H2,1-3H3. The molecule has 2 N–H and O–H groups in total. The van der Waals surface area contributed by atoms with Gasteiger partial charge in [0.05, 0.1) is 18.8 Å². The summed E-state index contributed by atoms with van der Waals surface area (Å²) in [4.78, 5) is 0. The van der Waals surface area contributed by atoms with Crippen molar-refractivity contribution < 1.29 is 9.84 Å². The Morgan fingerprint density at radius 3 is 2.45 bits per heavy atom. The van der Waals surface area contributed by atoms with Gasteiger partial charge >= 0.3 is 0 Å². The Kier molecular flexibility index (Phi) is 9.49. The molecule has 20 heavy (non-hydrogen) atoms. The second-order valence-electron chi connectivity index (χ2n) is 6.88. The fourth-order valence-corrected chi connectivity index (χ4v) is 2.81. The molecule has 0 aliphatic heterocycles. The van der Waals surface area contributed by atoms with Crippen LogP contribution in [0.3, 0.4) is 0 Å².